The van der Waals surface area contributed by atoms with Gasteiger partial charge in [-0.05, 0) is 25.0 Å². The Kier molecular flexibility index (Phi) is 3.65. The molecule has 2 nitrogen and oxygen atoms in total. The molecular weight excluding hydrogens is 162 g/mol. The van der Waals surface area contributed by atoms with E-state index in [4.69, 9.17) is 0 Å². The monoisotopic (exact) mass is 177 g/mol. The lowest BCUT2D eigenvalue weighted by Crippen LogP contribution is -2.00. The fourth-order valence-corrected chi connectivity index (χ4v) is 1.10. The van der Waals surface area contributed by atoms with Gasteiger partial charge in [0.2, 0.25) is 0 Å². The second-order valence-electron chi connectivity index (χ2n) is 3.08. The summed E-state index contributed by atoms with van der Waals surface area (Å²) in [5.74, 6) is 0. The third-order valence-electron chi connectivity index (χ3n) is 2.01. The molecule has 0 bridgehead atoms. The lowest BCUT2D eigenvalue weighted by Gasteiger charge is -2.10. The Morgan fingerprint density at radius 3 is 2.92 bits per heavy atom. The topological polar surface area (TPSA) is 33.1 Å². The predicted molar refractivity (Wildman–Crippen MR) is 53.2 cm³/mol. The Morgan fingerprint density at radius 2 is 2.38 bits per heavy atom. The van der Waals surface area contributed by atoms with Crippen LogP contribution in [-0.4, -0.2) is 10.1 Å². The molecular formula is C11H15NO. The first-order valence-electron chi connectivity index (χ1n) is 4.49. The SMILES string of the molecule is C=C(CC)CC(O)c1ccccn1. The summed E-state index contributed by atoms with van der Waals surface area (Å²) >= 11 is 0. The number of aliphatic hydroxyl groups excluding tert-OH is 1. The van der Waals surface area contributed by atoms with Gasteiger partial charge in [-0.25, -0.2) is 0 Å². The fraction of sp³-hybridized carbons (Fsp3) is 0.364. The molecule has 0 spiro atoms. The number of nitrogens with zero attached hydrogens (tertiary/aromatic N) is 1. The van der Waals surface area contributed by atoms with Gasteiger partial charge in [-0.15, -0.1) is 0 Å². The minimum atomic E-state index is -0.506. The van der Waals surface area contributed by atoms with Gasteiger partial charge in [-0.3, -0.25) is 4.98 Å². The average molecular weight is 177 g/mol. The van der Waals surface area contributed by atoms with E-state index in [1.807, 2.05) is 25.1 Å². The average Bonchev–Trinajstić information content (AvgIpc) is 2.19. The molecule has 0 aliphatic carbocycles. The first-order chi connectivity index (χ1) is 6.24. The lowest BCUT2D eigenvalue weighted by molar-refractivity contribution is 0.172. The molecule has 0 aliphatic heterocycles. The van der Waals surface area contributed by atoms with E-state index >= 15 is 0 Å². The summed E-state index contributed by atoms with van der Waals surface area (Å²) in [6.45, 7) is 5.89. The maximum absolute atomic E-state index is 9.70. The van der Waals surface area contributed by atoms with Crippen molar-refractivity contribution in [1.82, 2.24) is 4.98 Å². The molecule has 1 aromatic rings. The van der Waals surface area contributed by atoms with Crippen molar-refractivity contribution < 1.29 is 5.11 Å². The molecule has 0 amide bonds. The van der Waals surface area contributed by atoms with Gasteiger partial charge in [0.1, 0.15) is 0 Å². The van der Waals surface area contributed by atoms with Crippen LogP contribution in [0.5, 0.6) is 0 Å². The van der Waals surface area contributed by atoms with Crippen LogP contribution in [0.3, 0.4) is 0 Å². The fourth-order valence-electron chi connectivity index (χ4n) is 1.10. The van der Waals surface area contributed by atoms with Crippen molar-refractivity contribution in [1.29, 1.82) is 0 Å². The summed E-state index contributed by atoms with van der Waals surface area (Å²) in [5.41, 5.74) is 1.77. The zero-order valence-electron chi connectivity index (χ0n) is 7.90. The number of aromatic nitrogens is 1. The second-order valence-corrected chi connectivity index (χ2v) is 3.08. The highest BCUT2D eigenvalue weighted by Crippen LogP contribution is 2.19. The predicted octanol–water partition coefficient (Wildman–Crippen LogP) is 2.47. The van der Waals surface area contributed by atoms with Gasteiger partial charge in [-0.2, -0.15) is 0 Å². The van der Waals surface area contributed by atoms with Gasteiger partial charge < -0.3 is 5.11 Å². The largest absolute Gasteiger partial charge is 0.386 e. The molecule has 13 heavy (non-hydrogen) atoms. The molecule has 70 valence electrons. The standard InChI is InChI=1S/C11H15NO/c1-3-9(2)8-11(13)10-6-4-5-7-12-10/h4-7,11,13H,2-3,8H2,1H3. The zero-order chi connectivity index (χ0) is 9.68. The van der Waals surface area contributed by atoms with Crippen LogP contribution in [0.1, 0.15) is 31.6 Å². The highest BCUT2D eigenvalue weighted by molar-refractivity contribution is 5.09. The number of rotatable bonds is 4. The Morgan fingerprint density at radius 1 is 1.62 bits per heavy atom. The molecule has 1 rings (SSSR count). The Hall–Kier alpha value is -1.15. The first kappa shape index (κ1) is 9.93. The molecule has 0 saturated carbocycles. The normalized spacial score (nSPS) is 12.5. The minimum Gasteiger partial charge on any atom is -0.386 e. The van der Waals surface area contributed by atoms with E-state index < -0.39 is 6.10 Å². The summed E-state index contributed by atoms with van der Waals surface area (Å²) in [4.78, 5) is 4.07. The molecule has 1 aromatic heterocycles. The van der Waals surface area contributed by atoms with E-state index in [1.165, 1.54) is 0 Å². The van der Waals surface area contributed by atoms with E-state index in [-0.39, 0.29) is 0 Å². The maximum Gasteiger partial charge on any atom is 0.0996 e. The first-order valence-corrected chi connectivity index (χ1v) is 4.49. The second kappa shape index (κ2) is 4.77. The van der Waals surface area contributed by atoms with Crippen LogP contribution in [-0.2, 0) is 0 Å². The van der Waals surface area contributed by atoms with E-state index in [0.29, 0.717) is 6.42 Å². The van der Waals surface area contributed by atoms with Gasteiger partial charge in [0.25, 0.3) is 0 Å². The van der Waals surface area contributed by atoms with E-state index in [2.05, 4.69) is 11.6 Å². The van der Waals surface area contributed by atoms with Crippen molar-refractivity contribution in [2.24, 2.45) is 0 Å². The Labute approximate surface area is 78.9 Å². The minimum absolute atomic E-state index is 0.506. The van der Waals surface area contributed by atoms with Crippen LogP contribution in [0.25, 0.3) is 0 Å². The van der Waals surface area contributed by atoms with Crippen molar-refractivity contribution in [3.05, 3.63) is 42.2 Å². The summed E-state index contributed by atoms with van der Waals surface area (Å²) in [5, 5.41) is 9.70. The van der Waals surface area contributed by atoms with Crippen molar-refractivity contribution in [2.45, 2.75) is 25.9 Å². The molecule has 0 radical (unpaired) electrons. The highest BCUT2D eigenvalue weighted by atomic mass is 16.3. The van der Waals surface area contributed by atoms with Crippen molar-refractivity contribution in [3.8, 4) is 0 Å². The summed E-state index contributed by atoms with van der Waals surface area (Å²) in [6, 6.07) is 5.54. The third-order valence-corrected chi connectivity index (χ3v) is 2.01. The zero-order valence-corrected chi connectivity index (χ0v) is 7.90. The molecule has 0 aliphatic rings. The molecule has 0 saturated heterocycles. The van der Waals surface area contributed by atoms with Crippen LogP contribution in [0, 0.1) is 0 Å². The molecule has 0 aromatic carbocycles. The molecule has 1 heterocycles. The van der Waals surface area contributed by atoms with E-state index in [1.54, 1.807) is 6.20 Å². The Balaban J connectivity index is 2.59. The van der Waals surface area contributed by atoms with E-state index in [9.17, 15) is 5.11 Å². The van der Waals surface area contributed by atoms with Crippen molar-refractivity contribution >= 4 is 0 Å². The highest BCUT2D eigenvalue weighted by Gasteiger charge is 2.08. The van der Waals surface area contributed by atoms with Crippen LogP contribution < -0.4 is 0 Å². The number of aliphatic hydroxyl groups is 1. The van der Waals surface area contributed by atoms with Gasteiger partial charge in [-0.1, -0.05) is 25.1 Å². The summed E-state index contributed by atoms with van der Waals surface area (Å²) < 4.78 is 0. The summed E-state index contributed by atoms with van der Waals surface area (Å²) in [6.07, 6.45) is 2.69. The van der Waals surface area contributed by atoms with Crippen LogP contribution in [0.4, 0.5) is 0 Å². The van der Waals surface area contributed by atoms with Gasteiger partial charge in [0.05, 0.1) is 11.8 Å². The lowest BCUT2D eigenvalue weighted by atomic mass is 10.1. The van der Waals surface area contributed by atoms with Crippen LogP contribution in [0.15, 0.2) is 36.5 Å². The molecule has 0 fully saturated rings. The van der Waals surface area contributed by atoms with Crippen LogP contribution >= 0.6 is 0 Å². The van der Waals surface area contributed by atoms with Gasteiger partial charge >= 0.3 is 0 Å². The molecule has 1 atom stereocenters. The number of pyridine rings is 1. The molecule has 1 unspecified atom stereocenters. The quantitative estimate of drug-likeness (QED) is 0.717. The number of hydrogen-bond acceptors (Lipinski definition) is 2. The van der Waals surface area contributed by atoms with E-state index in [0.717, 1.165) is 17.7 Å². The van der Waals surface area contributed by atoms with Crippen LogP contribution in [0.2, 0.25) is 0 Å². The third kappa shape index (κ3) is 2.99. The maximum atomic E-state index is 9.70. The van der Waals surface area contributed by atoms with Crippen molar-refractivity contribution in [2.75, 3.05) is 0 Å². The number of hydrogen-bond donors (Lipinski definition) is 1. The van der Waals surface area contributed by atoms with Gasteiger partial charge in [0.15, 0.2) is 0 Å². The van der Waals surface area contributed by atoms with Gasteiger partial charge in [0, 0.05) is 6.20 Å². The summed E-state index contributed by atoms with van der Waals surface area (Å²) in [7, 11) is 0. The Bertz CT molecular complexity index is 269. The smallest absolute Gasteiger partial charge is 0.0996 e. The molecule has 1 N–H and O–H groups in total. The molecule has 2 heteroatoms. The van der Waals surface area contributed by atoms with Crippen molar-refractivity contribution in [3.63, 3.8) is 0 Å².